The van der Waals surface area contributed by atoms with Crippen molar-refractivity contribution in [3.8, 4) is 5.75 Å². The predicted molar refractivity (Wildman–Crippen MR) is 152 cm³/mol. The van der Waals surface area contributed by atoms with Crippen LogP contribution in [0.2, 0.25) is 5.02 Å². The van der Waals surface area contributed by atoms with Gasteiger partial charge in [0.2, 0.25) is 5.13 Å². The molecule has 0 unspecified atom stereocenters. The van der Waals surface area contributed by atoms with Gasteiger partial charge in [0.05, 0.1) is 11.6 Å². The maximum Gasteiger partial charge on any atom is 0.301 e. The number of benzene rings is 3. The molecule has 2 aliphatic heterocycles. The molecule has 1 saturated heterocycles. The highest BCUT2D eigenvalue weighted by Crippen LogP contribution is 2.45. The van der Waals surface area contributed by atoms with E-state index in [-0.39, 0.29) is 28.4 Å². The first-order valence-corrected chi connectivity index (χ1v) is 14.5. The number of fused-ring (bicyclic) bond motifs is 1. The van der Waals surface area contributed by atoms with E-state index in [9.17, 15) is 19.1 Å². The molecule has 11 heteroatoms. The van der Waals surface area contributed by atoms with E-state index in [1.165, 1.54) is 22.7 Å². The number of thioether (sulfide) groups is 1. The highest BCUT2D eigenvalue weighted by Gasteiger charge is 2.48. The summed E-state index contributed by atoms with van der Waals surface area (Å²) in [5.41, 5.74) is 2.28. The molecule has 3 aromatic carbocycles. The van der Waals surface area contributed by atoms with Gasteiger partial charge in [-0.2, -0.15) is 0 Å². The Morgan fingerprint density at radius 2 is 1.98 bits per heavy atom. The van der Waals surface area contributed by atoms with Gasteiger partial charge in [0.1, 0.15) is 23.4 Å². The molecule has 1 amide bonds. The smallest absolute Gasteiger partial charge is 0.301 e. The summed E-state index contributed by atoms with van der Waals surface area (Å²) in [6.45, 7) is 1.95. The third kappa shape index (κ3) is 4.87. The number of carbonyl (C=O) groups is 2. The summed E-state index contributed by atoms with van der Waals surface area (Å²) in [7, 11) is 0. The van der Waals surface area contributed by atoms with Crippen molar-refractivity contribution in [3.05, 3.63) is 105 Å². The Bertz CT molecular complexity index is 1690. The lowest BCUT2D eigenvalue weighted by Crippen LogP contribution is -2.29. The molecule has 0 radical (unpaired) electrons. The topological polar surface area (TPSA) is 92.6 Å². The van der Waals surface area contributed by atoms with E-state index in [0.717, 1.165) is 22.6 Å². The number of halogens is 2. The van der Waals surface area contributed by atoms with Crippen molar-refractivity contribution >= 4 is 57.3 Å². The zero-order valence-corrected chi connectivity index (χ0v) is 23.4. The molecule has 4 aromatic rings. The molecular formula is C29H21ClFN3O4S2. The van der Waals surface area contributed by atoms with Crippen LogP contribution in [0.15, 0.2) is 76.6 Å². The Kier molecular flexibility index (Phi) is 7.07. The molecule has 0 saturated carbocycles. The first-order chi connectivity index (χ1) is 19.3. The number of anilines is 1. The number of aliphatic hydroxyl groups is 1. The number of ketones is 1. The minimum atomic E-state index is -0.987. The quantitative estimate of drug-likeness (QED) is 0.0888. The predicted octanol–water partition coefficient (Wildman–Crippen LogP) is 6.57. The average molecular weight is 594 g/mol. The maximum atomic E-state index is 14.1. The molecule has 7 nitrogen and oxygen atoms in total. The minimum Gasteiger partial charge on any atom is -0.507 e. The standard InChI is InChI=1S/C29H21ClFN3O4S2/c1-15-11-19-12-17(9-10-22(19)38-15)25(35)23-24(16-6-4-7-20(30)13-16)34(27(37)26(23)36)28-32-33-29(40-28)39-14-18-5-2-3-8-21(18)31/h2-10,12-13,15,24,35H,11,14H2,1H3/t15-,24+/m0/s1. The lowest BCUT2D eigenvalue weighted by molar-refractivity contribution is -0.132. The monoisotopic (exact) mass is 593 g/mol. The summed E-state index contributed by atoms with van der Waals surface area (Å²) in [4.78, 5) is 28.1. The van der Waals surface area contributed by atoms with Gasteiger partial charge in [0, 0.05) is 22.8 Å². The molecule has 0 bridgehead atoms. The van der Waals surface area contributed by atoms with Crippen molar-refractivity contribution in [2.75, 3.05) is 4.90 Å². The molecule has 202 valence electrons. The summed E-state index contributed by atoms with van der Waals surface area (Å²) in [5.74, 6) is -1.26. The van der Waals surface area contributed by atoms with Gasteiger partial charge in [-0.1, -0.05) is 65.0 Å². The van der Waals surface area contributed by atoms with Gasteiger partial charge in [0.15, 0.2) is 4.34 Å². The van der Waals surface area contributed by atoms with Gasteiger partial charge >= 0.3 is 5.91 Å². The summed E-state index contributed by atoms with van der Waals surface area (Å²) < 4.78 is 20.3. The van der Waals surface area contributed by atoms with E-state index in [4.69, 9.17) is 16.3 Å². The van der Waals surface area contributed by atoms with Crippen molar-refractivity contribution < 1.29 is 23.8 Å². The fraction of sp³-hybridized carbons (Fsp3) is 0.172. The van der Waals surface area contributed by atoms with Crippen LogP contribution in [0.4, 0.5) is 9.52 Å². The number of hydrogen-bond donors (Lipinski definition) is 1. The van der Waals surface area contributed by atoms with E-state index in [1.807, 2.05) is 6.92 Å². The number of hydrogen-bond acceptors (Lipinski definition) is 8. The van der Waals surface area contributed by atoms with Crippen LogP contribution in [0.3, 0.4) is 0 Å². The van der Waals surface area contributed by atoms with E-state index >= 15 is 0 Å². The summed E-state index contributed by atoms with van der Waals surface area (Å²) in [6, 6.07) is 17.4. The zero-order chi connectivity index (χ0) is 28.0. The Labute approximate surface area is 242 Å². The highest BCUT2D eigenvalue weighted by molar-refractivity contribution is 8.00. The second kappa shape index (κ2) is 10.7. The molecule has 2 aliphatic rings. The summed E-state index contributed by atoms with van der Waals surface area (Å²) >= 11 is 8.67. The zero-order valence-electron chi connectivity index (χ0n) is 21.0. The molecule has 0 aliphatic carbocycles. The number of rotatable bonds is 6. The maximum absolute atomic E-state index is 14.1. The van der Waals surface area contributed by atoms with E-state index in [2.05, 4.69) is 10.2 Å². The molecule has 40 heavy (non-hydrogen) atoms. The summed E-state index contributed by atoms with van der Waals surface area (Å²) in [6.07, 6.45) is 0.674. The summed E-state index contributed by atoms with van der Waals surface area (Å²) in [5, 5.41) is 20.4. The van der Waals surface area contributed by atoms with Crippen molar-refractivity contribution in [1.82, 2.24) is 10.2 Å². The third-order valence-corrected chi connectivity index (χ3v) is 9.03. The molecular weight excluding hydrogens is 573 g/mol. The Morgan fingerprint density at radius 1 is 1.15 bits per heavy atom. The minimum absolute atomic E-state index is 0.00675. The Morgan fingerprint density at radius 3 is 2.77 bits per heavy atom. The van der Waals surface area contributed by atoms with Gasteiger partial charge in [0.25, 0.3) is 5.78 Å². The van der Waals surface area contributed by atoms with Crippen LogP contribution in [0.5, 0.6) is 5.75 Å². The van der Waals surface area contributed by atoms with Crippen LogP contribution >= 0.6 is 34.7 Å². The highest BCUT2D eigenvalue weighted by atomic mass is 35.5. The van der Waals surface area contributed by atoms with E-state index in [1.54, 1.807) is 60.7 Å². The number of aliphatic hydroxyl groups excluding tert-OH is 1. The molecule has 0 spiro atoms. The normalized spacial score (nSPS) is 19.6. The lowest BCUT2D eigenvalue weighted by atomic mass is 9.94. The average Bonchev–Trinajstić information content (AvgIpc) is 3.63. The molecule has 3 heterocycles. The van der Waals surface area contributed by atoms with Crippen LogP contribution in [0.25, 0.3) is 5.76 Å². The number of ether oxygens (including phenoxy) is 1. The van der Waals surface area contributed by atoms with Crippen molar-refractivity contribution in [2.45, 2.75) is 35.6 Å². The van der Waals surface area contributed by atoms with Crippen LogP contribution in [-0.4, -0.2) is 33.1 Å². The Hall–Kier alpha value is -3.73. The van der Waals surface area contributed by atoms with Gasteiger partial charge in [-0.25, -0.2) is 4.39 Å². The molecule has 1 fully saturated rings. The largest absolute Gasteiger partial charge is 0.507 e. The van der Waals surface area contributed by atoms with Crippen LogP contribution < -0.4 is 9.64 Å². The van der Waals surface area contributed by atoms with Crippen LogP contribution in [-0.2, 0) is 21.8 Å². The fourth-order valence-corrected chi connectivity index (χ4v) is 6.91. The van der Waals surface area contributed by atoms with Gasteiger partial charge in [-0.05, 0) is 60.0 Å². The van der Waals surface area contributed by atoms with Gasteiger partial charge in [-0.3, -0.25) is 14.5 Å². The van der Waals surface area contributed by atoms with Crippen molar-refractivity contribution in [1.29, 1.82) is 0 Å². The van der Waals surface area contributed by atoms with Gasteiger partial charge < -0.3 is 9.84 Å². The number of nitrogens with zero attached hydrogens (tertiary/aromatic N) is 3. The molecule has 1 N–H and O–H groups in total. The third-order valence-electron chi connectivity index (χ3n) is 6.69. The van der Waals surface area contributed by atoms with Crippen molar-refractivity contribution in [2.24, 2.45) is 0 Å². The first-order valence-electron chi connectivity index (χ1n) is 12.4. The van der Waals surface area contributed by atoms with Gasteiger partial charge in [-0.15, -0.1) is 10.2 Å². The number of aromatic nitrogens is 2. The SMILES string of the molecule is C[C@H]1Cc2cc(C(O)=C3C(=O)C(=O)N(c4nnc(SCc5ccccc5F)s4)[C@@H]3c3cccc(Cl)c3)ccc2O1. The van der Waals surface area contributed by atoms with E-state index < -0.39 is 17.7 Å². The molecule has 1 aromatic heterocycles. The Balaban J connectivity index is 1.39. The fourth-order valence-electron chi connectivity index (χ4n) is 4.86. The van der Waals surface area contributed by atoms with Crippen LogP contribution in [0.1, 0.15) is 35.2 Å². The van der Waals surface area contributed by atoms with Crippen LogP contribution in [0, 0.1) is 5.82 Å². The second-order valence-electron chi connectivity index (χ2n) is 9.41. The molecule has 2 atom stereocenters. The number of Topliss-reactive ketones (excluding diaryl/α,β-unsaturated/α-hetero) is 1. The first kappa shape index (κ1) is 26.5. The number of carbonyl (C=O) groups excluding carboxylic acids is 2. The van der Waals surface area contributed by atoms with E-state index in [0.29, 0.717) is 38.2 Å². The lowest BCUT2D eigenvalue weighted by Gasteiger charge is -2.22. The molecule has 6 rings (SSSR count). The second-order valence-corrected chi connectivity index (χ2v) is 12.0. The number of amides is 1. The van der Waals surface area contributed by atoms with Crippen molar-refractivity contribution in [3.63, 3.8) is 0 Å².